The standard InChI is InChI=1S/C20H19FN2O4/c1-4-27-19-17(25-2)10-13(11-18(19)26-3)9-14(12-22)20(24)23-16-7-5-15(21)6-8-16/h5-11H,4H2,1-3H3,(H,23,24)/b14-9-. The molecule has 2 aromatic carbocycles. The predicted octanol–water partition coefficient (Wildman–Crippen LogP) is 3.79. The van der Waals surface area contributed by atoms with E-state index in [1.165, 1.54) is 44.6 Å². The van der Waals surface area contributed by atoms with Crippen molar-refractivity contribution >= 4 is 17.7 Å². The van der Waals surface area contributed by atoms with E-state index in [1.807, 2.05) is 13.0 Å². The van der Waals surface area contributed by atoms with E-state index in [2.05, 4.69) is 5.32 Å². The molecule has 0 aliphatic heterocycles. The minimum Gasteiger partial charge on any atom is -0.493 e. The Kier molecular flexibility index (Phi) is 6.78. The number of halogens is 1. The first-order valence-corrected chi connectivity index (χ1v) is 8.09. The highest BCUT2D eigenvalue weighted by Gasteiger charge is 2.15. The molecular formula is C20H19FN2O4. The third-order valence-electron chi connectivity index (χ3n) is 3.55. The highest BCUT2D eigenvalue weighted by Crippen LogP contribution is 2.39. The van der Waals surface area contributed by atoms with E-state index >= 15 is 0 Å². The van der Waals surface area contributed by atoms with Gasteiger partial charge in [-0.25, -0.2) is 4.39 Å². The van der Waals surface area contributed by atoms with Crippen LogP contribution in [-0.4, -0.2) is 26.7 Å². The minimum atomic E-state index is -0.615. The molecule has 0 aliphatic rings. The summed E-state index contributed by atoms with van der Waals surface area (Å²) >= 11 is 0. The molecule has 0 aromatic heterocycles. The summed E-state index contributed by atoms with van der Waals surface area (Å²) in [5.74, 6) is 0.236. The monoisotopic (exact) mass is 370 g/mol. The van der Waals surface area contributed by atoms with E-state index in [0.717, 1.165) is 0 Å². The summed E-state index contributed by atoms with van der Waals surface area (Å²) in [6.45, 7) is 2.26. The average molecular weight is 370 g/mol. The van der Waals surface area contributed by atoms with Gasteiger partial charge in [-0.3, -0.25) is 4.79 Å². The lowest BCUT2D eigenvalue weighted by Crippen LogP contribution is -2.13. The molecule has 0 fully saturated rings. The van der Waals surface area contributed by atoms with Crippen LogP contribution in [0.15, 0.2) is 42.0 Å². The zero-order valence-electron chi connectivity index (χ0n) is 15.2. The summed E-state index contributed by atoms with van der Waals surface area (Å²) in [5, 5.41) is 11.9. The Morgan fingerprint density at radius 3 is 2.26 bits per heavy atom. The van der Waals surface area contributed by atoms with Crippen molar-refractivity contribution in [2.45, 2.75) is 6.92 Å². The topological polar surface area (TPSA) is 80.6 Å². The lowest BCUT2D eigenvalue weighted by atomic mass is 10.1. The van der Waals surface area contributed by atoms with Crippen LogP contribution in [0.25, 0.3) is 6.08 Å². The van der Waals surface area contributed by atoms with Crippen molar-refractivity contribution in [3.05, 3.63) is 53.4 Å². The van der Waals surface area contributed by atoms with Crippen molar-refractivity contribution in [3.63, 3.8) is 0 Å². The largest absolute Gasteiger partial charge is 0.493 e. The van der Waals surface area contributed by atoms with Crippen LogP contribution in [0.3, 0.4) is 0 Å². The van der Waals surface area contributed by atoms with Crippen LogP contribution < -0.4 is 19.5 Å². The molecule has 6 nitrogen and oxygen atoms in total. The number of nitrogens with zero attached hydrogens (tertiary/aromatic N) is 1. The predicted molar refractivity (Wildman–Crippen MR) is 99.3 cm³/mol. The van der Waals surface area contributed by atoms with Gasteiger partial charge in [0.05, 0.1) is 20.8 Å². The number of hydrogen-bond acceptors (Lipinski definition) is 5. The Balaban J connectivity index is 2.34. The Bertz CT molecular complexity index is 861. The van der Waals surface area contributed by atoms with Crippen molar-refractivity contribution in [1.82, 2.24) is 0 Å². The van der Waals surface area contributed by atoms with Crippen LogP contribution in [0.1, 0.15) is 12.5 Å². The number of anilines is 1. The molecular weight excluding hydrogens is 351 g/mol. The van der Waals surface area contributed by atoms with Gasteiger partial charge in [-0.2, -0.15) is 5.26 Å². The number of nitriles is 1. The van der Waals surface area contributed by atoms with Gasteiger partial charge in [0.2, 0.25) is 5.75 Å². The first kappa shape index (κ1) is 19.8. The zero-order chi connectivity index (χ0) is 19.8. The molecule has 1 N–H and O–H groups in total. The molecule has 0 radical (unpaired) electrons. The second-order valence-corrected chi connectivity index (χ2v) is 5.32. The maximum Gasteiger partial charge on any atom is 0.266 e. The van der Waals surface area contributed by atoms with Gasteiger partial charge in [0.25, 0.3) is 5.91 Å². The smallest absolute Gasteiger partial charge is 0.266 e. The van der Waals surface area contributed by atoms with Gasteiger partial charge in [-0.15, -0.1) is 0 Å². The lowest BCUT2D eigenvalue weighted by Gasteiger charge is -2.14. The molecule has 0 aliphatic carbocycles. The third-order valence-corrected chi connectivity index (χ3v) is 3.55. The Morgan fingerprint density at radius 2 is 1.78 bits per heavy atom. The molecule has 0 saturated heterocycles. The number of carbonyl (C=O) groups is 1. The highest BCUT2D eigenvalue weighted by atomic mass is 19.1. The summed E-state index contributed by atoms with van der Waals surface area (Å²) in [6, 6.07) is 10.4. The quantitative estimate of drug-likeness (QED) is 0.592. The molecule has 7 heteroatoms. The zero-order valence-corrected chi connectivity index (χ0v) is 15.2. The van der Waals surface area contributed by atoms with Crippen LogP contribution in [-0.2, 0) is 4.79 Å². The van der Waals surface area contributed by atoms with E-state index in [9.17, 15) is 14.4 Å². The maximum absolute atomic E-state index is 13.0. The van der Waals surface area contributed by atoms with E-state index < -0.39 is 11.7 Å². The van der Waals surface area contributed by atoms with Crippen LogP contribution >= 0.6 is 0 Å². The fourth-order valence-electron chi connectivity index (χ4n) is 2.32. The molecule has 1 amide bonds. The number of nitrogens with one attached hydrogen (secondary N) is 1. The highest BCUT2D eigenvalue weighted by molar-refractivity contribution is 6.09. The first-order valence-electron chi connectivity index (χ1n) is 8.09. The lowest BCUT2D eigenvalue weighted by molar-refractivity contribution is -0.112. The number of ether oxygens (including phenoxy) is 3. The van der Waals surface area contributed by atoms with Gasteiger partial charge in [0.15, 0.2) is 11.5 Å². The van der Waals surface area contributed by atoms with Crippen molar-refractivity contribution in [2.24, 2.45) is 0 Å². The number of methoxy groups -OCH3 is 2. The summed E-state index contributed by atoms with van der Waals surface area (Å²) in [5.41, 5.74) is 0.773. The van der Waals surface area contributed by atoms with Gasteiger partial charge < -0.3 is 19.5 Å². The summed E-state index contributed by atoms with van der Waals surface area (Å²) < 4.78 is 29.1. The molecule has 27 heavy (non-hydrogen) atoms. The maximum atomic E-state index is 13.0. The molecule has 0 spiro atoms. The number of benzene rings is 2. The van der Waals surface area contributed by atoms with Gasteiger partial charge in [-0.1, -0.05) is 0 Å². The molecule has 0 atom stereocenters. The van der Waals surface area contributed by atoms with Crippen LogP contribution in [0.4, 0.5) is 10.1 Å². The van der Waals surface area contributed by atoms with E-state index in [1.54, 1.807) is 12.1 Å². The van der Waals surface area contributed by atoms with E-state index in [0.29, 0.717) is 35.1 Å². The van der Waals surface area contributed by atoms with Gasteiger partial charge in [-0.05, 0) is 55.0 Å². The second-order valence-electron chi connectivity index (χ2n) is 5.32. The molecule has 140 valence electrons. The van der Waals surface area contributed by atoms with Crippen LogP contribution in [0.5, 0.6) is 17.2 Å². The molecule has 0 heterocycles. The Labute approximate surface area is 156 Å². The summed E-state index contributed by atoms with van der Waals surface area (Å²) in [4.78, 5) is 12.3. The van der Waals surface area contributed by atoms with E-state index in [4.69, 9.17) is 14.2 Å². The Morgan fingerprint density at radius 1 is 1.19 bits per heavy atom. The van der Waals surface area contributed by atoms with Crippen molar-refractivity contribution in [2.75, 3.05) is 26.1 Å². The molecule has 2 aromatic rings. The third kappa shape index (κ3) is 4.98. The number of rotatable bonds is 7. The minimum absolute atomic E-state index is 0.132. The molecule has 2 rings (SSSR count). The van der Waals surface area contributed by atoms with Crippen molar-refractivity contribution in [1.29, 1.82) is 5.26 Å². The summed E-state index contributed by atoms with van der Waals surface area (Å²) in [6.07, 6.45) is 1.40. The molecule has 0 saturated carbocycles. The second kappa shape index (κ2) is 9.25. The molecule has 0 bridgehead atoms. The summed E-state index contributed by atoms with van der Waals surface area (Å²) in [7, 11) is 2.97. The van der Waals surface area contributed by atoms with Gasteiger partial charge >= 0.3 is 0 Å². The normalized spacial score (nSPS) is 10.7. The van der Waals surface area contributed by atoms with Crippen molar-refractivity contribution < 1.29 is 23.4 Å². The van der Waals surface area contributed by atoms with Crippen molar-refractivity contribution in [3.8, 4) is 23.3 Å². The molecule has 0 unspecified atom stereocenters. The fraction of sp³-hybridized carbons (Fsp3) is 0.200. The first-order chi connectivity index (χ1) is 13.0. The Hall–Kier alpha value is -3.53. The SMILES string of the molecule is CCOc1c(OC)cc(/C=C(/C#N)C(=O)Nc2ccc(F)cc2)cc1OC. The van der Waals surface area contributed by atoms with Crippen LogP contribution in [0, 0.1) is 17.1 Å². The van der Waals surface area contributed by atoms with Gasteiger partial charge in [0, 0.05) is 5.69 Å². The van der Waals surface area contributed by atoms with Gasteiger partial charge in [0.1, 0.15) is 17.5 Å². The average Bonchev–Trinajstić information content (AvgIpc) is 2.68. The fourth-order valence-corrected chi connectivity index (χ4v) is 2.32. The number of carbonyl (C=O) groups excluding carboxylic acids is 1. The van der Waals surface area contributed by atoms with E-state index in [-0.39, 0.29) is 5.57 Å². The number of hydrogen-bond donors (Lipinski definition) is 1. The number of amides is 1. The van der Waals surface area contributed by atoms with Crippen LogP contribution in [0.2, 0.25) is 0 Å².